The van der Waals surface area contributed by atoms with Crippen LogP contribution >= 0.6 is 0 Å². The first-order valence-corrected chi connectivity index (χ1v) is 7.88. The predicted molar refractivity (Wildman–Crippen MR) is 74.9 cm³/mol. The summed E-state index contributed by atoms with van der Waals surface area (Å²) in [6.45, 7) is -1.85. The van der Waals surface area contributed by atoms with Crippen LogP contribution in [0.5, 0.6) is 11.5 Å². The first-order chi connectivity index (χ1) is 9.54. The molecule has 1 atom stereocenters. The van der Waals surface area contributed by atoms with Crippen molar-refractivity contribution in [3.05, 3.63) is 23.8 Å². The molecule has 20 heavy (non-hydrogen) atoms. The van der Waals surface area contributed by atoms with Crippen LogP contribution in [0, 0.1) is 0 Å². The van der Waals surface area contributed by atoms with Crippen molar-refractivity contribution in [1.29, 1.82) is 0 Å². The minimum absolute atomic E-state index is 0.0524. The quantitative estimate of drug-likeness (QED) is 0.710. The number of benzene rings is 1. The van der Waals surface area contributed by atoms with E-state index in [-0.39, 0.29) is 11.5 Å². The number of para-hydroxylation sites is 1. The fourth-order valence-electron chi connectivity index (χ4n) is 1.71. The highest BCUT2D eigenvalue weighted by Crippen LogP contribution is 2.32. The van der Waals surface area contributed by atoms with Crippen molar-refractivity contribution < 1.29 is 22.5 Å². The number of nitrogens with one attached hydrogen (secondary N) is 1. The smallest absolute Gasteiger partial charge is 0.387 e. The van der Waals surface area contributed by atoms with Gasteiger partial charge in [0.25, 0.3) is 0 Å². The average Bonchev–Trinajstić information content (AvgIpc) is 2.39. The third-order valence-electron chi connectivity index (χ3n) is 2.59. The molecule has 0 aliphatic carbocycles. The molecule has 0 radical (unpaired) electrons. The highest BCUT2D eigenvalue weighted by molar-refractivity contribution is 7.84. The van der Waals surface area contributed by atoms with Gasteiger partial charge < -0.3 is 14.8 Å². The maximum Gasteiger partial charge on any atom is 0.387 e. The molecule has 0 spiro atoms. The van der Waals surface area contributed by atoms with Crippen LogP contribution < -0.4 is 14.8 Å². The molecule has 1 N–H and O–H groups in total. The largest absolute Gasteiger partial charge is 0.493 e. The topological polar surface area (TPSA) is 47.6 Å². The molecule has 0 aliphatic rings. The van der Waals surface area contributed by atoms with Crippen LogP contribution in [0.3, 0.4) is 0 Å². The van der Waals surface area contributed by atoms with Crippen LogP contribution in [-0.2, 0) is 17.3 Å². The van der Waals surface area contributed by atoms with Crippen LogP contribution in [0.2, 0.25) is 0 Å². The Balaban J connectivity index is 2.61. The minimum Gasteiger partial charge on any atom is -0.493 e. The van der Waals surface area contributed by atoms with Gasteiger partial charge in [-0.15, -0.1) is 0 Å². The highest BCUT2D eigenvalue weighted by Gasteiger charge is 2.14. The summed E-state index contributed by atoms with van der Waals surface area (Å²) in [5.74, 6) is 0.946. The number of methoxy groups -OCH3 is 1. The molecule has 0 bridgehead atoms. The molecule has 0 saturated heterocycles. The van der Waals surface area contributed by atoms with Crippen LogP contribution in [0.25, 0.3) is 0 Å². The first-order valence-electron chi connectivity index (χ1n) is 6.16. The molecule has 0 fully saturated rings. The summed E-state index contributed by atoms with van der Waals surface area (Å²) in [6, 6.07) is 4.99. The number of alkyl halides is 2. The van der Waals surface area contributed by atoms with E-state index in [4.69, 9.17) is 4.74 Å². The Morgan fingerprint density at radius 3 is 2.75 bits per heavy atom. The van der Waals surface area contributed by atoms with E-state index in [0.29, 0.717) is 24.4 Å². The number of halogens is 2. The lowest BCUT2D eigenvalue weighted by molar-refractivity contribution is -0.0518. The molecule has 1 rings (SSSR count). The Morgan fingerprint density at radius 2 is 2.15 bits per heavy atom. The molecule has 0 amide bonds. The zero-order valence-corrected chi connectivity index (χ0v) is 12.3. The van der Waals surface area contributed by atoms with Gasteiger partial charge in [-0.2, -0.15) is 8.78 Å². The van der Waals surface area contributed by atoms with E-state index in [1.165, 1.54) is 7.11 Å². The van der Waals surface area contributed by atoms with E-state index in [9.17, 15) is 13.0 Å². The Labute approximate surface area is 119 Å². The fraction of sp³-hybridized carbons (Fsp3) is 0.538. The predicted octanol–water partition coefficient (Wildman–Crippen LogP) is 2.15. The second-order valence-corrected chi connectivity index (χ2v) is 5.69. The monoisotopic (exact) mass is 307 g/mol. The van der Waals surface area contributed by atoms with E-state index >= 15 is 0 Å². The number of ether oxygens (including phenoxy) is 2. The lowest BCUT2D eigenvalue weighted by Gasteiger charge is -2.14. The molecule has 1 unspecified atom stereocenters. The average molecular weight is 307 g/mol. The Kier molecular flexibility index (Phi) is 7.46. The van der Waals surface area contributed by atoms with Crippen molar-refractivity contribution in [3.63, 3.8) is 0 Å². The van der Waals surface area contributed by atoms with Crippen LogP contribution in [0.1, 0.15) is 12.0 Å². The van der Waals surface area contributed by atoms with Crippen LogP contribution in [0.15, 0.2) is 18.2 Å². The van der Waals surface area contributed by atoms with Gasteiger partial charge in [0.15, 0.2) is 11.5 Å². The molecule has 7 heteroatoms. The highest BCUT2D eigenvalue weighted by atomic mass is 32.2. The van der Waals surface area contributed by atoms with Gasteiger partial charge in [-0.1, -0.05) is 12.1 Å². The zero-order chi connectivity index (χ0) is 15.0. The van der Waals surface area contributed by atoms with Gasteiger partial charge in [0.1, 0.15) is 0 Å². The Morgan fingerprint density at radius 1 is 1.40 bits per heavy atom. The summed E-state index contributed by atoms with van der Waals surface area (Å²) in [5.41, 5.74) is 0.599. The lowest BCUT2D eigenvalue weighted by Crippen LogP contribution is -2.18. The molecule has 0 aliphatic heterocycles. The van der Waals surface area contributed by atoms with Crippen LogP contribution in [-0.4, -0.2) is 36.5 Å². The standard InChI is InChI=1S/C13H19F2NO3S/c1-18-11-6-3-5-10(12(11)19-13(14)15)9-16-7-4-8-20(2)17/h3,5-6,13,16H,4,7-9H2,1-2H3. The summed E-state index contributed by atoms with van der Waals surface area (Å²) >= 11 is 0. The third-order valence-corrected chi connectivity index (χ3v) is 3.45. The lowest BCUT2D eigenvalue weighted by atomic mass is 10.2. The van der Waals surface area contributed by atoms with Crippen molar-refractivity contribution in [2.24, 2.45) is 0 Å². The van der Waals surface area contributed by atoms with Gasteiger partial charge in [-0.05, 0) is 19.0 Å². The SMILES string of the molecule is COc1cccc(CNCCCS(C)=O)c1OC(F)F. The number of hydrogen-bond acceptors (Lipinski definition) is 4. The van der Waals surface area contributed by atoms with Crippen molar-refractivity contribution in [1.82, 2.24) is 5.32 Å². The van der Waals surface area contributed by atoms with E-state index in [0.717, 1.165) is 6.42 Å². The van der Waals surface area contributed by atoms with Gasteiger partial charge in [-0.25, -0.2) is 0 Å². The van der Waals surface area contributed by atoms with Gasteiger partial charge in [-0.3, -0.25) is 4.21 Å². The van der Waals surface area contributed by atoms with E-state index < -0.39 is 17.4 Å². The van der Waals surface area contributed by atoms with Crippen molar-refractivity contribution >= 4 is 10.8 Å². The second-order valence-electron chi connectivity index (χ2n) is 4.13. The summed E-state index contributed by atoms with van der Waals surface area (Å²) in [6.07, 6.45) is 2.41. The maximum atomic E-state index is 12.4. The van der Waals surface area contributed by atoms with E-state index in [1.807, 2.05) is 0 Å². The van der Waals surface area contributed by atoms with Crippen molar-refractivity contribution in [3.8, 4) is 11.5 Å². The normalized spacial score (nSPS) is 12.4. The Bertz CT molecular complexity index is 444. The molecule has 0 saturated carbocycles. The van der Waals surface area contributed by atoms with Gasteiger partial charge in [0, 0.05) is 34.9 Å². The molecular formula is C13H19F2NO3S. The van der Waals surface area contributed by atoms with Gasteiger partial charge in [0.05, 0.1) is 7.11 Å². The zero-order valence-electron chi connectivity index (χ0n) is 11.5. The molecule has 1 aromatic rings. The second kappa shape index (κ2) is 8.86. The van der Waals surface area contributed by atoms with E-state index in [1.54, 1.807) is 24.5 Å². The first kappa shape index (κ1) is 16.8. The maximum absolute atomic E-state index is 12.4. The molecule has 1 aromatic carbocycles. The molecule has 114 valence electrons. The molecule has 0 heterocycles. The van der Waals surface area contributed by atoms with Gasteiger partial charge >= 0.3 is 6.61 Å². The van der Waals surface area contributed by atoms with E-state index in [2.05, 4.69) is 10.1 Å². The van der Waals surface area contributed by atoms with Crippen molar-refractivity contribution in [2.45, 2.75) is 19.6 Å². The summed E-state index contributed by atoms with van der Waals surface area (Å²) in [7, 11) is 0.590. The minimum atomic E-state index is -2.90. The Hall–Kier alpha value is -1.21. The van der Waals surface area contributed by atoms with Crippen LogP contribution in [0.4, 0.5) is 8.78 Å². The fourth-order valence-corrected chi connectivity index (χ4v) is 2.26. The number of rotatable bonds is 9. The third kappa shape index (κ3) is 5.83. The molecule has 4 nitrogen and oxygen atoms in total. The summed E-state index contributed by atoms with van der Waals surface area (Å²) in [4.78, 5) is 0. The van der Waals surface area contributed by atoms with Crippen molar-refractivity contribution in [2.75, 3.05) is 25.7 Å². The summed E-state index contributed by atoms with van der Waals surface area (Å²) in [5, 5.41) is 3.11. The summed E-state index contributed by atoms with van der Waals surface area (Å²) < 4.78 is 45.3. The van der Waals surface area contributed by atoms with Gasteiger partial charge in [0.2, 0.25) is 0 Å². The molecular weight excluding hydrogens is 288 g/mol. The molecule has 0 aromatic heterocycles. The number of hydrogen-bond donors (Lipinski definition) is 1.